The average molecular weight is 381 g/mol. The number of hydrogen-bond acceptors (Lipinski definition) is 5. The molecule has 0 bridgehead atoms. The van der Waals surface area contributed by atoms with Crippen molar-refractivity contribution in [3.8, 4) is 0 Å². The minimum Gasteiger partial charge on any atom is -0.328 e. The first-order valence-electron chi connectivity index (χ1n) is 9.10. The van der Waals surface area contributed by atoms with Gasteiger partial charge in [0.1, 0.15) is 12.9 Å². The molecule has 4 heterocycles. The van der Waals surface area contributed by atoms with Gasteiger partial charge in [-0.1, -0.05) is 6.92 Å². The highest BCUT2D eigenvalue weighted by Crippen LogP contribution is 2.54. The number of carbonyl (C=O) groups excluding carboxylic acids is 2. The molecule has 5 rings (SSSR count). The molecule has 1 N–H and O–H groups in total. The van der Waals surface area contributed by atoms with E-state index in [-0.39, 0.29) is 23.8 Å². The number of nitrogens with one attached hydrogen (secondary N) is 1. The Hall–Kier alpha value is -2.74. The summed E-state index contributed by atoms with van der Waals surface area (Å²) in [6.45, 7) is 2.81. The first-order valence-corrected chi connectivity index (χ1v) is 9.91. The molecule has 0 radical (unpaired) electrons. The Balaban J connectivity index is 1.34. The third-order valence-corrected chi connectivity index (χ3v) is 6.71. The van der Waals surface area contributed by atoms with Crippen LogP contribution in [-0.2, 0) is 16.6 Å². The van der Waals surface area contributed by atoms with Crippen molar-refractivity contribution in [2.75, 3.05) is 18.4 Å². The number of aromatic nitrogens is 3. The van der Waals surface area contributed by atoms with Gasteiger partial charge in [-0.25, -0.2) is 0 Å². The van der Waals surface area contributed by atoms with Gasteiger partial charge in [0, 0.05) is 23.0 Å². The lowest BCUT2D eigenvalue weighted by molar-refractivity contribution is -0.117. The van der Waals surface area contributed by atoms with Crippen molar-refractivity contribution >= 4 is 34.5 Å². The standard InChI is InChI=1S/C19H19N5O2S/c1-2-13-7-14-17(27-13)18(26)23(10-19(14)5-6-19)9-16(25)21-12-3-4-15-22-20-11-24(15)8-12/h3-4,7-8,11H,2,5-6,9-10H2,1H3,(H,21,25). The molecule has 27 heavy (non-hydrogen) atoms. The highest BCUT2D eigenvalue weighted by Gasteiger charge is 2.52. The second kappa shape index (κ2) is 5.88. The number of thiophene rings is 1. The number of fused-ring (bicyclic) bond motifs is 3. The summed E-state index contributed by atoms with van der Waals surface area (Å²) in [6, 6.07) is 5.78. The number of hydrogen-bond donors (Lipinski definition) is 1. The van der Waals surface area contributed by atoms with Crippen molar-refractivity contribution in [1.82, 2.24) is 19.5 Å². The van der Waals surface area contributed by atoms with E-state index in [1.54, 1.807) is 45.3 Å². The Kier molecular flexibility index (Phi) is 3.58. The molecule has 3 aromatic rings. The number of rotatable bonds is 4. The molecule has 1 aliphatic heterocycles. The Morgan fingerprint density at radius 1 is 1.37 bits per heavy atom. The lowest BCUT2D eigenvalue weighted by Crippen LogP contribution is -2.46. The molecule has 0 saturated heterocycles. The average Bonchev–Trinajstić information content (AvgIpc) is 3.08. The molecule has 0 atom stereocenters. The van der Waals surface area contributed by atoms with Gasteiger partial charge in [-0.15, -0.1) is 21.5 Å². The SMILES string of the molecule is CCc1cc2c(s1)C(=O)N(CC(=O)Nc1ccc3nncn3c1)CC21CC1. The fourth-order valence-corrected chi connectivity index (χ4v) is 5.00. The molecule has 1 saturated carbocycles. The monoisotopic (exact) mass is 381 g/mol. The number of carbonyl (C=O) groups is 2. The predicted molar refractivity (Wildman–Crippen MR) is 102 cm³/mol. The van der Waals surface area contributed by atoms with Gasteiger partial charge in [0.2, 0.25) is 5.91 Å². The molecule has 3 aromatic heterocycles. The molecule has 1 fully saturated rings. The molecule has 1 aliphatic carbocycles. The van der Waals surface area contributed by atoms with Gasteiger partial charge in [0.05, 0.1) is 10.6 Å². The van der Waals surface area contributed by atoms with Gasteiger partial charge >= 0.3 is 0 Å². The normalized spacial score (nSPS) is 17.4. The van der Waals surface area contributed by atoms with Crippen LogP contribution in [0.25, 0.3) is 5.65 Å². The van der Waals surface area contributed by atoms with E-state index in [4.69, 9.17) is 0 Å². The first-order chi connectivity index (χ1) is 13.1. The smallest absolute Gasteiger partial charge is 0.264 e. The van der Waals surface area contributed by atoms with E-state index >= 15 is 0 Å². The molecular weight excluding hydrogens is 362 g/mol. The summed E-state index contributed by atoms with van der Waals surface area (Å²) in [5.74, 6) is -0.209. The summed E-state index contributed by atoms with van der Waals surface area (Å²) in [5.41, 5.74) is 2.66. The fraction of sp³-hybridized carbons (Fsp3) is 0.368. The van der Waals surface area contributed by atoms with E-state index < -0.39 is 0 Å². The highest BCUT2D eigenvalue weighted by atomic mass is 32.1. The molecule has 8 heteroatoms. The van der Waals surface area contributed by atoms with Gasteiger partial charge < -0.3 is 10.2 Å². The van der Waals surface area contributed by atoms with Crippen LogP contribution in [0.3, 0.4) is 0 Å². The minimum absolute atomic E-state index is 0.0170. The third kappa shape index (κ3) is 2.71. The fourth-order valence-electron chi connectivity index (χ4n) is 3.82. The summed E-state index contributed by atoms with van der Waals surface area (Å²) in [5, 5.41) is 10.6. The minimum atomic E-state index is -0.192. The van der Waals surface area contributed by atoms with Crippen LogP contribution < -0.4 is 5.32 Å². The van der Waals surface area contributed by atoms with Crippen molar-refractivity contribution < 1.29 is 9.59 Å². The summed E-state index contributed by atoms with van der Waals surface area (Å²) < 4.78 is 1.74. The van der Waals surface area contributed by atoms with Crippen LogP contribution in [0.4, 0.5) is 5.69 Å². The predicted octanol–water partition coefficient (Wildman–Crippen LogP) is 2.48. The van der Waals surface area contributed by atoms with Crippen molar-refractivity contribution in [3.05, 3.63) is 46.0 Å². The van der Waals surface area contributed by atoms with Gasteiger partial charge in [0.15, 0.2) is 5.65 Å². The van der Waals surface area contributed by atoms with E-state index in [9.17, 15) is 9.59 Å². The highest BCUT2D eigenvalue weighted by molar-refractivity contribution is 7.14. The second-order valence-corrected chi connectivity index (χ2v) is 8.45. The largest absolute Gasteiger partial charge is 0.328 e. The van der Waals surface area contributed by atoms with E-state index in [2.05, 4.69) is 28.5 Å². The number of amides is 2. The maximum atomic E-state index is 12.9. The number of anilines is 1. The Bertz CT molecular complexity index is 1070. The molecule has 138 valence electrons. The molecule has 0 unspecified atom stereocenters. The van der Waals surface area contributed by atoms with E-state index in [0.717, 1.165) is 24.1 Å². The quantitative estimate of drug-likeness (QED) is 0.753. The van der Waals surface area contributed by atoms with Gasteiger partial charge in [0.25, 0.3) is 5.91 Å². The summed E-state index contributed by atoms with van der Waals surface area (Å²) >= 11 is 1.58. The topological polar surface area (TPSA) is 79.6 Å². The summed E-state index contributed by atoms with van der Waals surface area (Å²) in [7, 11) is 0. The van der Waals surface area contributed by atoms with Gasteiger partial charge in [-0.2, -0.15) is 0 Å². The molecule has 7 nitrogen and oxygen atoms in total. The van der Waals surface area contributed by atoms with Crippen LogP contribution in [0.5, 0.6) is 0 Å². The van der Waals surface area contributed by atoms with Crippen LogP contribution in [0.2, 0.25) is 0 Å². The number of aryl methyl sites for hydroxylation is 1. The van der Waals surface area contributed by atoms with E-state index in [1.165, 1.54) is 10.4 Å². The maximum absolute atomic E-state index is 12.9. The Morgan fingerprint density at radius 3 is 3.00 bits per heavy atom. The molecule has 2 amide bonds. The van der Waals surface area contributed by atoms with Gasteiger partial charge in [-0.05, 0) is 43.0 Å². The van der Waals surface area contributed by atoms with E-state index in [0.29, 0.717) is 17.9 Å². The molecule has 0 aromatic carbocycles. The summed E-state index contributed by atoms with van der Waals surface area (Å²) in [4.78, 5) is 29.3. The van der Waals surface area contributed by atoms with Crippen LogP contribution in [0.15, 0.2) is 30.7 Å². The Morgan fingerprint density at radius 2 is 2.22 bits per heavy atom. The van der Waals surface area contributed by atoms with Crippen LogP contribution in [-0.4, -0.2) is 44.4 Å². The molecular formula is C19H19N5O2S. The second-order valence-electron chi connectivity index (χ2n) is 7.31. The zero-order valence-electron chi connectivity index (χ0n) is 14.9. The van der Waals surface area contributed by atoms with Crippen LogP contribution >= 0.6 is 11.3 Å². The maximum Gasteiger partial charge on any atom is 0.264 e. The zero-order valence-corrected chi connectivity index (χ0v) is 15.8. The summed E-state index contributed by atoms with van der Waals surface area (Å²) in [6.07, 6.45) is 6.47. The number of pyridine rings is 1. The van der Waals surface area contributed by atoms with Crippen LogP contribution in [0.1, 0.15) is 39.9 Å². The lowest BCUT2D eigenvalue weighted by atomic mass is 9.91. The number of nitrogens with zero attached hydrogens (tertiary/aromatic N) is 4. The first kappa shape index (κ1) is 16.4. The van der Waals surface area contributed by atoms with Crippen molar-refractivity contribution in [2.45, 2.75) is 31.6 Å². The molecule has 2 aliphatic rings. The van der Waals surface area contributed by atoms with E-state index in [1.807, 2.05) is 0 Å². The van der Waals surface area contributed by atoms with Crippen molar-refractivity contribution in [1.29, 1.82) is 0 Å². The van der Waals surface area contributed by atoms with Crippen molar-refractivity contribution in [3.63, 3.8) is 0 Å². The van der Waals surface area contributed by atoms with Crippen molar-refractivity contribution in [2.24, 2.45) is 0 Å². The van der Waals surface area contributed by atoms with Crippen LogP contribution in [0, 0.1) is 0 Å². The molecule has 1 spiro atoms. The Labute approximate surface area is 160 Å². The zero-order chi connectivity index (χ0) is 18.6. The third-order valence-electron chi connectivity index (χ3n) is 5.44. The van der Waals surface area contributed by atoms with Gasteiger partial charge in [-0.3, -0.25) is 14.0 Å². The lowest BCUT2D eigenvalue weighted by Gasteiger charge is -2.32.